The fourth-order valence-electron chi connectivity index (χ4n) is 3.05. The second-order valence-corrected chi connectivity index (χ2v) is 7.16. The van der Waals surface area contributed by atoms with Crippen molar-refractivity contribution in [2.75, 3.05) is 26.2 Å². The minimum Gasteiger partial charge on any atom is -0.443 e. The molecule has 0 spiro atoms. The zero-order valence-corrected chi connectivity index (χ0v) is 15.5. The van der Waals surface area contributed by atoms with Gasteiger partial charge < -0.3 is 15.0 Å². The molecule has 144 valence electrons. The molecule has 1 N–H and O–H groups in total. The Morgan fingerprint density at radius 1 is 1.19 bits per heavy atom. The molecular weight excluding hydrogens is 352 g/mol. The second kappa shape index (κ2) is 8.00. The Kier molecular flexibility index (Phi) is 5.70. The summed E-state index contributed by atoms with van der Waals surface area (Å²) in [5, 5.41) is 3.19. The highest BCUT2D eigenvalue weighted by atomic mass is 19.2. The summed E-state index contributed by atoms with van der Waals surface area (Å²) >= 11 is 0. The maximum atomic E-state index is 14.0. The molecule has 1 aromatic heterocycles. The highest BCUT2D eigenvalue weighted by molar-refractivity contribution is 5.68. The van der Waals surface area contributed by atoms with E-state index in [0.717, 1.165) is 19.2 Å². The van der Waals surface area contributed by atoms with E-state index in [2.05, 4.69) is 10.3 Å². The van der Waals surface area contributed by atoms with Crippen molar-refractivity contribution in [1.29, 1.82) is 0 Å². The van der Waals surface area contributed by atoms with E-state index in [9.17, 15) is 13.6 Å². The number of carbonyl (C=O) groups is 1. The molecule has 2 aromatic rings. The Hall–Kier alpha value is -2.54. The highest BCUT2D eigenvalue weighted by Crippen LogP contribution is 2.24. The molecule has 2 heterocycles. The highest BCUT2D eigenvalue weighted by Gasteiger charge is 2.28. The molecule has 1 aliphatic rings. The van der Waals surface area contributed by atoms with Gasteiger partial charge in [-0.05, 0) is 38.1 Å². The van der Waals surface area contributed by atoms with Crippen molar-refractivity contribution in [3.8, 4) is 11.3 Å². The SMILES string of the molecule is CC(C)(Cc1cccc(-c2cccc(F)c2F)n1)OC(=O)N1CCNCC1. The van der Waals surface area contributed by atoms with Crippen LogP contribution in [0.15, 0.2) is 36.4 Å². The average Bonchev–Trinajstić information content (AvgIpc) is 2.64. The number of rotatable bonds is 4. The summed E-state index contributed by atoms with van der Waals surface area (Å²) < 4.78 is 33.2. The van der Waals surface area contributed by atoms with Crippen LogP contribution < -0.4 is 5.32 Å². The van der Waals surface area contributed by atoms with Gasteiger partial charge in [0.2, 0.25) is 0 Å². The van der Waals surface area contributed by atoms with E-state index in [1.807, 2.05) is 13.8 Å². The summed E-state index contributed by atoms with van der Waals surface area (Å²) in [7, 11) is 0. The number of nitrogens with one attached hydrogen (secondary N) is 1. The van der Waals surface area contributed by atoms with Crippen LogP contribution in [-0.2, 0) is 11.2 Å². The van der Waals surface area contributed by atoms with Crippen LogP contribution in [0.5, 0.6) is 0 Å². The van der Waals surface area contributed by atoms with Crippen LogP contribution in [0.4, 0.5) is 13.6 Å². The van der Waals surface area contributed by atoms with E-state index < -0.39 is 17.2 Å². The molecule has 1 aromatic carbocycles. The van der Waals surface area contributed by atoms with Crippen LogP contribution >= 0.6 is 0 Å². The molecule has 1 aliphatic heterocycles. The topological polar surface area (TPSA) is 54.5 Å². The molecule has 0 radical (unpaired) electrons. The first-order valence-electron chi connectivity index (χ1n) is 8.95. The lowest BCUT2D eigenvalue weighted by Gasteiger charge is -2.32. The molecule has 0 saturated carbocycles. The lowest BCUT2D eigenvalue weighted by atomic mass is 10.0. The summed E-state index contributed by atoms with van der Waals surface area (Å²) in [5.74, 6) is -1.84. The molecule has 0 atom stereocenters. The lowest BCUT2D eigenvalue weighted by molar-refractivity contribution is 0.0115. The smallest absolute Gasteiger partial charge is 0.410 e. The molecule has 0 unspecified atom stereocenters. The monoisotopic (exact) mass is 375 g/mol. The van der Waals surface area contributed by atoms with Gasteiger partial charge in [0, 0.05) is 43.9 Å². The van der Waals surface area contributed by atoms with Crippen molar-refractivity contribution in [2.24, 2.45) is 0 Å². The van der Waals surface area contributed by atoms with Crippen molar-refractivity contribution in [1.82, 2.24) is 15.2 Å². The maximum absolute atomic E-state index is 14.0. The van der Waals surface area contributed by atoms with E-state index >= 15 is 0 Å². The van der Waals surface area contributed by atoms with Gasteiger partial charge in [0.15, 0.2) is 11.6 Å². The van der Waals surface area contributed by atoms with Gasteiger partial charge in [-0.1, -0.05) is 12.1 Å². The second-order valence-electron chi connectivity index (χ2n) is 7.16. The largest absolute Gasteiger partial charge is 0.443 e. The summed E-state index contributed by atoms with van der Waals surface area (Å²) in [6, 6.07) is 9.14. The fraction of sp³-hybridized carbons (Fsp3) is 0.400. The number of piperazine rings is 1. The van der Waals surface area contributed by atoms with Gasteiger partial charge in [-0.15, -0.1) is 0 Å². The number of hydrogen-bond donors (Lipinski definition) is 1. The zero-order valence-electron chi connectivity index (χ0n) is 15.5. The van der Waals surface area contributed by atoms with Crippen molar-refractivity contribution in [3.05, 3.63) is 53.7 Å². The first-order valence-corrected chi connectivity index (χ1v) is 8.95. The molecule has 5 nitrogen and oxygen atoms in total. The van der Waals surface area contributed by atoms with E-state index in [-0.39, 0.29) is 11.7 Å². The first-order chi connectivity index (χ1) is 12.9. The molecule has 3 rings (SSSR count). The predicted molar refractivity (Wildman–Crippen MR) is 98.3 cm³/mol. The van der Waals surface area contributed by atoms with Crippen LogP contribution in [0.2, 0.25) is 0 Å². The number of hydrogen-bond acceptors (Lipinski definition) is 4. The first kappa shape index (κ1) is 19.2. The number of ether oxygens (including phenoxy) is 1. The van der Waals surface area contributed by atoms with Gasteiger partial charge in [-0.2, -0.15) is 0 Å². The third-order valence-electron chi connectivity index (χ3n) is 4.38. The van der Waals surface area contributed by atoms with Crippen LogP contribution in [0, 0.1) is 11.6 Å². The predicted octanol–water partition coefficient (Wildman–Crippen LogP) is 3.39. The van der Waals surface area contributed by atoms with Crippen LogP contribution in [0.1, 0.15) is 19.5 Å². The van der Waals surface area contributed by atoms with Gasteiger partial charge in [0.05, 0.1) is 5.69 Å². The van der Waals surface area contributed by atoms with E-state index in [1.165, 1.54) is 12.1 Å². The molecule has 1 amide bonds. The third-order valence-corrected chi connectivity index (χ3v) is 4.38. The lowest BCUT2D eigenvalue weighted by Crippen LogP contribution is -2.48. The molecule has 1 fully saturated rings. The number of benzene rings is 1. The zero-order chi connectivity index (χ0) is 19.4. The molecule has 27 heavy (non-hydrogen) atoms. The van der Waals surface area contributed by atoms with Crippen molar-refractivity contribution >= 4 is 6.09 Å². The number of pyridine rings is 1. The molecule has 0 bridgehead atoms. The Bertz CT molecular complexity index is 821. The summed E-state index contributed by atoms with van der Waals surface area (Å²) in [6.07, 6.45) is 0.00382. The van der Waals surface area contributed by atoms with Crippen LogP contribution in [0.25, 0.3) is 11.3 Å². The molecule has 1 saturated heterocycles. The number of nitrogens with zero attached hydrogens (tertiary/aromatic N) is 2. The standard InChI is InChI=1S/C20H23F2N3O2/c1-20(2,27-19(26)25-11-9-23-10-12-25)13-14-5-3-8-17(24-14)15-6-4-7-16(21)18(15)22/h3-8,23H,9-13H2,1-2H3. The Labute approximate surface area is 157 Å². The van der Waals surface area contributed by atoms with Gasteiger partial charge in [-0.3, -0.25) is 4.98 Å². The Morgan fingerprint density at radius 3 is 2.63 bits per heavy atom. The average molecular weight is 375 g/mol. The number of carbonyl (C=O) groups excluding carboxylic acids is 1. The van der Waals surface area contributed by atoms with Gasteiger partial charge in [-0.25, -0.2) is 13.6 Å². The van der Waals surface area contributed by atoms with Crippen LogP contribution in [0.3, 0.4) is 0 Å². The van der Waals surface area contributed by atoms with Gasteiger partial charge >= 0.3 is 6.09 Å². The Morgan fingerprint density at radius 2 is 1.89 bits per heavy atom. The van der Waals surface area contributed by atoms with Gasteiger partial charge in [0.25, 0.3) is 0 Å². The van der Waals surface area contributed by atoms with E-state index in [0.29, 0.717) is 30.9 Å². The Balaban J connectivity index is 1.73. The third kappa shape index (κ3) is 4.80. The van der Waals surface area contributed by atoms with Gasteiger partial charge in [0.1, 0.15) is 5.60 Å². The molecule has 0 aliphatic carbocycles. The summed E-state index contributed by atoms with van der Waals surface area (Å²) in [6.45, 7) is 6.34. The van der Waals surface area contributed by atoms with Crippen LogP contribution in [-0.4, -0.2) is 47.8 Å². The number of amides is 1. The summed E-state index contributed by atoms with van der Waals surface area (Å²) in [4.78, 5) is 18.4. The fourth-order valence-corrected chi connectivity index (χ4v) is 3.05. The van der Waals surface area contributed by atoms with Crippen molar-refractivity contribution < 1.29 is 18.3 Å². The van der Waals surface area contributed by atoms with Crippen molar-refractivity contribution in [2.45, 2.75) is 25.9 Å². The maximum Gasteiger partial charge on any atom is 0.410 e. The molecule has 7 heteroatoms. The number of aromatic nitrogens is 1. The minimum absolute atomic E-state index is 0.104. The quantitative estimate of drug-likeness (QED) is 0.890. The number of halogens is 2. The van der Waals surface area contributed by atoms with E-state index in [4.69, 9.17) is 4.74 Å². The van der Waals surface area contributed by atoms with Crippen molar-refractivity contribution in [3.63, 3.8) is 0 Å². The normalized spacial score (nSPS) is 14.9. The van der Waals surface area contributed by atoms with E-state index in [1.54, 1.807) is 23.1 Å². The summed E-state index contributed by atoms with van der Waals surface area (Å²) in [5.41, 5.74) is 0.295. The minimum atomic E-state index is -0.924. The molecular formula is C20H23F2N3O2.